The smallest absolute Gasteiger partial charge is 0.416 e. The minimum Gasteiger partial charge on any atom is -0.507 e. The van der Waals surface area contributed by atoms with Crippen LogP contribution in [0.15, 0.2) is 36.4 Å². The Morgan fingerprint density at radius 3 is 2.25 bits per heavy atom. The number of fused-ring (bicyclic) bond motifs is 1. The van der Waals surface area contributed by atoms with Crippen molar-refractivity contribution < 1.29 is 23.2 Å². The van der Waals surface area contributed by atoms with Crippen molar-refractivity contribution in [3.05, 3.63) is 64.2 Å². The summed E-state index contributed by atoms with van der Waals surface area (Å²) in [6, 6.07) is 9.23. The number of alkyl halides is 3. The number of benzene rings is 2. The molecule has 1 unspecified atom stereocenters. The van der Waals surface area contributed by atoms with Crippen LogP contribution >= 0.6 is 0 Å². The Kier molecular flexibility index (Phi) is 4.54. The van der Waals surface area contributed by atoms with Gasteiger partial charge in [-0.05, 0) is 54.7 Å². The summed E-state index contributed by atoms with van der Waals surface area (Å²) in [5.41, 5.74) is 3.67. The van der Waals surface area contributed by atoms with E-state index in [1.165, 1.54) is 23.3 Å². The van der Waals surface area contributed by atoms with Gasteiger partial charge in [0.15, 0.2) is 0 Å². The molecule has 0 saturated carbocycles. The second-order valence-electron chi connectivity index (χ2n) is 6.61. The van der Waals surface area contributed by atoms with Gasteiger partial charge in [0.25, 0.3) is 0 Å². The molecule has 3 rings (SSSR count). The van der Waals surface area contributed by atoms with Gasteiger partial charge in [0.05, 0.1) is 12.6 Å². The lowest BCUT2D eigenvalue weighted by Gasteiger charge is -2.16. The number of hydrogen-bond acceptors (Lipinski definition) is 1. The highest BCUT2D eigenvalue weighted by molar-refractivity contribution is 5.43. The van der Waals surface area contributed by atoms with E-state index < -0.39 is 11.7 Å². The van der Waals surface area contributed by atoms with Crippen LogP contribution in [0.2, 0.25) is 0 Å². The van der Waals surface area contributed by atoms with Crippen molar-refractivity contribution in [2.75, 3.05) is 7.05 Å². The van der Waals surface area contributed by atoms with Crippen LogP contribution in [-0.2, 0) is 32.1 Å². The molecule has 24 heavy (non-hydrogen) atoms. The molecule has 2 nitrogen and oxygen atoms in total. The van der Waals surface area contributed by atoms with Crippen molar-refractivity contribution in [1.29, 1.82) is 0 Å². The third-order valence-electron chi connectivity index (χ3n) is 4.57. The maximum Gasteiger partial charge on any atom is 0.416 e. The second-order valence-corrected chi connectivity index (χ2v) is 6.61. The number of aromatic hydroxyl groups is 1. The SMILES string of the molecule is C[NH+](Cc1ccc(C(F)(F)F)cc1)Cc1cc2c(cc1O)CCC2. The predicted molar refractivity (Wildman–Crippen MR) is 85.9 cm³/mol. The third-order valence-corrected chi connectivity index (χ3v) is 4.57. The van der Waals surface area contributed by atoms with Crippen LogP contribution < -0.4 is 4.90 Å². The van der Waals surface area contributed by atoms with Gasteiger partial charge in [-0.1, -0.05) is 12.1 Å². The number of hydrogen-bond donors (Lipinski definition) is 2. The zero-order chi connectivity index (χ0) is 17.3. The first kappa shape index (κ1) is 16.8. The average molecular weight is 336 g/mol. The number of aryl methyl sites for hydroxylation is 2. The molecule has 2 N–H and O–H groups in total. The van der Waals surface area contributed by atoms with Gasteiger partial charge in [0, 0.05) is 11.1 Å². The van der Waals surface area contributed by atoms with E-state index in [4.69, 9.17) is 0 Å². The Morgan fingerprint density at radius 2 is 1.62 bits per heavy atom. The number of halogens is 3. The number of quaternary nitrogens is 1. The summed E-state index contributed by atoms with van der Waals surface area (Å²) < 4.78 is 37.8. The fraction of sp³-hybridized carbons (Fsp3) is 0.368. The van der Waals surface area contributed by atoms with Gasteiger partial charge >= 0.3 is 6.18 Å². The molecule has 0 aliphatic heterocycles. The van der Waals surface area contributed by atoms with E-state index in [9.17, 15) is 18.3 Å². The summed E-state index contributed by atoms with van der Waals surface area (Å²) in [5, 5.41) is 10.2. The van der Waals surface area contributed by atoms with Gasteiger partial charge in [0.2, 0.25) is 0 Å². The minimum atomic E-state index is -4.30. The summed E-state index contributed by atoms with van der Waals surface area (Å²) in [6.07, 6.45) is -1.09. The highest BCUT2D eigenvalue weighted by Gasteiger charge is 2.30. The topological polar surface area (TPSA) is 24.7 Å². The first-order valence-electron chi connectivity index (χ1n) is 8.14. The van der Waals surface area contributed by atoms with Crippen molar-refractivity contribution in [3.63, 3.8) is 0 Å². The second kappa shape index (κ2) is 6.48. The fourth-order valence-electron chi connectivity index (χ4n) is 3.35. The molecule has 0 spiro atoms. The van der Waals surface area contributed by atoms with Crippen LogP contribution in [0.3, 0.4) is 0 Å². The number of phenolic OH excluding ortho intramolecular Hbond substituents is 1. The molecule has 2 aromatic carbocycles. The van der Waals surface area contributed by atoms with Crippen molar-refractivity contribution in [3.8, 4) is 5.75 Å². The lowest BCUT2D eigenvalue weighted by molar-refractivity contribution is -0.907. The summed E-state index contributed by atoms with van der Waals surface area (Å²) in [5.74, 6) is 0.322. The van der Waals surface area contributed by atoms with Crippen LogP contribution in [0, 0.1) is 0 Å². The lowest BCUT2D eigenvalue weighted by atomic mass is 10.0. The van der Waals surface area contributed by atoms with Gasteiger partial charge in [-0.15, -0.1) is 0 Å². The van der Waals surface area contributed by atoms with Crippen LogP contribution in [0.1, 0.15) is 34.2 Å². The Balaban J connectivity index is 1.67. The van der Waals surface area contributed by atoms with Crippen LogP contribution in [0.5, 0.6) is 5.75 Å². The molecule has 0 heterocycles. The number of phenols is 1. The molecule has 0 amide bonds. The van der Waals surface area contributed by atoms with E-state index in [0.717, 1.165) is 47.4 Å². The van der Waals surface area contributed by atoms with Gasteiger partial charge in [0.1, 0.15) is 18.8 Å². The van der Waals surface area contributed by atoms with E-state index in [2.05, 4.69) is 6.07 Å². The molecule has 128 valence electrons. The van der Waals surface area contributed by atoms with E-state index in [-0.39, 0.29) is 0 Å². The third kappa shape index (κ3) is 3.73. The molecule has 2 aromatic rings. The standard InChI is InChI=1S/C19H20F3NO/c1-23(11-13-5-7-17(8-6-13)19(20,21)22)12-16-9-14-3-2-4-15(14)10-18(16)24/h5-10,24H,2-4,11-12H2,1H3/p+1. The zero-order valence-corrected chi connectivity index (χ0v) is 13.6. The Labute approximate surface area is 139 Å². The van der Waals surface area contributed by atoms with Gasteiger partial charge in [-0.25, -0.2) is 0 Å². The van der Waals surface area contributed by atoms with Crippen molar-refractivity contribution in [2.24, 2.45) is 0 Å². The predicted octanol–water partition coefficient (Wildman–Crippen LogP) is 3.11. The maximum atomic E-state index is 12.6. The lowest BCUT2D eigenvalue weighted by Crippen LogP contribution is -3.06. The zero-order valence-electron chi connectivity index (χ0n) is 13.6. The molecular weight excluding hydrogens is 315 g/mol. The summed E-state index contributed by atoms with van der Waals surface area (Å²) in [4.78, 5) is 1.11. The molecule has 0 aromatic heterocycles. The van der Waals surface area contributed by atoms with E-state index in [1.54, 1.807) is 0 Å². The average Bonchev–Trinajstić information content (AvgIpc) is 2.94. The van der Waals surface area contributed by atoms with Gasteiger partial charge in [-0.3, -0.25) is 0 Å². The van der Waals surface area contributed by atoms with E-state index in [0.29, 0.717) is 18.8 Å². The van der Waals surface area contributed by atoms with Crippen LogP contribution in [0.4, 0.5) is 13.2 Å². The number of rotatable bonds is 4. The summed E-state index contributed by atoms with van der Waals surface area (Å²) in [7, 11) is 1.98. The van der Waals surface area contributed by atoms with Crippen LogP contribution in [0.25, 0.3) is 0 Å². The Morgan fingerprint density at radius 1 is 1.00 bits per heavy atom. The summed E-state index contributed by atoms with van der Waals surface area (Å²) >= 11 is 0. The first-order chi connectivity index (χ1) is 11.3. The quantitative estimate of drug-likeness (QED) is 0.881. The molecule has 5 heteroatoms. The molecule has 1 atom stereocenters. The first-order valence-corrected chi connectivity index (χ1v) is 8.14. The van der Waals surface area contributed by atoms with Crippen LogP contribution in [-0.4, -0.2) is 12.2 Å². The Hall–Kier alpha value is -2.01. The normalized spacial score (nSPS) is 15.3. The Bertz CT molecular complexity index is 723. The maximum absolute atomic E-state index is 12.6. The molecule has 1 aliphatic carbocycles. The van der Waals surface area contributed by atoms with Crippen molar-refractivity contribution in [1.82, 2.24) is 0 Å². The van der Waals surface area contributed by atoms with Crippen molar-refractivity contribution >= 4 is 0 Å². The largest absolute Gasteiger partial charge is 0.507 e. The van der Waals surface area contributed by atoms with E-state index in [1.807, 2.05) is 13.1 Å². The minimum absolute atomic E-state index is 0.322. The molecule has 0 fully saturated rings. The highest BCUT2D eigenvalue weighted by atomic mass is 19.4. The van der Waals surface area contributed by atoms with Gasteiger partial charge < -0.3 is 10.0 Å². The fourth-order valence-corrected chi connectivity index (χ4v) is 3.35. The monoisotopic (exact) mass is 336 g/mol. The summed E-state index contributed by atoms with van der Waals surface area (Å²) in [6.45, 7) is 1.24. The molecule has 0 bridgehead atoms. The molecular formula is C19H21F3NO+. The van der Waals surface area contributed by atoms with Gasteiger partial charge in [-0.2, -0.15) is 13.2 Å². The molecule has 1 aliphatic rings. The highest BCUT2D eigenvalue weighted by Crippen LogP contribution is 2.30. The van der Waals surface area contributed by atoms with E-state index >= 15 is 0 Å². The molecule has 0 saturated heterocycles. The van der Waals surface area contributed by atoms with Crippen molar-refractivity contribution in [2.45, 2.75) is 38.5 Å². The molecule has 0 radical (unpaired) electrons. The number of nitrogens with one attached hydrogen (secondary N) is 1.